The van der Waals surface area contributed by atoms with Crippen molar-refractivity contribution in [3.8, 4) is 0 Å². The van der Waals surface area contributed by atoms with E-state index < -0.39 is 0 Å². The Morgan fingerprint density at radius 2 is 1.90 bits per heavy atom. The molecule has 0 aliphatic heterocycles. The van der Waals surface area contributed by atoms with Crippen LogP contribution in [0.15, 0.2) is 66.4 Å². The highest BCUT2D eigenvalue weighted by Crippen LogP contribution is 2.19. The fraction of sp³-hybridized carbons (Fsp3) is 0.0909. The molecule has 0 atom stereocenters. The number of pyridine rings is 2. The number of aromatic nitrogens is 4. The molecular weight excluding hydrogens is 382 g/mol. The lowest BCUT2D eigenvalue weighted by Crippen LogP contribution is -2.17. The van der Waals surface area contributed by atoms with E-state index in [1.807, 2.05) is 71.6 Å². The minimum absolute atomic E-state index is 0.186. The highest BCUT2D eigenvalue weighted by atomic mass is 32.1. The maximum Gasteiger partial charge on any atom is 0.274 e. The first-order chi connectivity index (χ1) is 14.2. The average Bonchev–Trinajstić information content (AvgIpc) is 3.37. The summed E-state index contributed by atoms with van der Waals surface area (Å²) in [5, 5.41) is 5.34. The molecule has 0 radical (unpaired) electrons. The molecule has 0 saturated carbocycles. The van der Waals surface area contributed by atoms with Crippen molar-refractivity contribution in [2.45, 2.75) is 13.5 Å². The second-order valence-electron chi connectivity index (χ2n) is 6.45. The predicted octanol–water partition coefficient (Wildman–Crippen LogP) is 4.51. The minimum atomic E-state index is -0.186. The van der Waals surface area contributed by atoms with Gasteiger partial charge in [0.15, 0.2) is 5.13 Å². The zero-order valence-electron chi connectivity index (χ0n) is 15.8. The number of anilines is 1. The number of amides is 1. The Morgan fingerprint density at radius 3 is 2.72 bits per heavy atom. The van der Waals surface area contributed by atoms with Crippen molar-refractivity contribution in [1.82, 2.24) is 19.5 Å². The molecule has 0 unspecified atom stereocenters. The van der Waals surface area contributed by atoms with Gasteiger partial charge in [0, 0.05) is 36.2 Å². The molecule has 4 rings (SSSR count). The molecule has 4 aromatic heterocycles. The Kier molecular flexibility index (Phi) is 5.58. The molecule has 0 spiro atoms. The van der Waals surface area contributed by atoms with Crippen molar-refractivity contribution in [2.75, 3.05) is 5.32 Å². The monoisotopic (exact) mass is 401 g/mol. The summed E-state index contributed by atoms with van der Waals surface area (Å²) in [6.45, 7) is 2.56. The van der Waals surface area contributed by atoms with E-state index in [9.17, 15) is 4.79 Å². The largest absolute Gasteiger partial charge is 0.339 e. The van der Waals surface area contributed by atoms with Crippen molar-refractivity contribution in [2.24, 2.45) is 0 Å². The summed E-state index contributed by atoms with van der Waals surface area (Å²) >= 11 is 1.39. The van der Waals surface area contributed by atoms with Crippen molar-refractivity contribution in [1.29, 1.82) is 0 Å². The van der Waals surface area contributed by atoms with Crippen molar-refractivity contribution in [3.05, 3.63) is 94.8 Å². The van der Waals surface area contributed by atoms with Crippen LogP contribution >= 0.6 is 11.3 Å². The van der Waals surface area contributed by atoms with E-state index >= 15 is 0 Å². The third-order valence-electron chi connectivity index (χ3n) is 4.24. The predicted molar refractivity (Wildman–Crippen MR) is 116 cm³/mol. The highest BCUT2D eigenvalue weighted by Gasteiger charge is 2.13. The Morgan fingerprint density at radius 1 is 1.07 bits per heavy atom. The minimum Gasteiger partial charge on any atom is -0.339 e. The highest BCUT2D eigenvalue weighted by molar-refractivity contribution is 7.14. The number of carbonyl (C=O) groups is 1. The third-order valence-corrected chi connectivity index (χ3v) is 5.02. The maximum absolute atomic E-state index is 12.7. The van der Waals surface area contributed by atoms with Gasteiger partial charge in [-0.15, -0.1) is 11.3 Å². The van der Waals surface area contributed by atoms with Gasteiger partial charge in [-0.2, -0.15) is 0 Å². The molecule has 29 heavy (non-hydrogen) atoms. The second kappa shape index (κ2) is 8.62. The Bertz CT molecular complexity index is 1150. The summed E-state index contributed by atoms with van der Waals surface area (Å²) in [6, 6.07) is 13.4. The normalized spacial score (nSPS) is 11.1. The van der Waals surface area contributed by atoms with Gasteiger partial charge in [-0.1, -0.05) is 6.07 Å². The lowest BCUT2D eigenvalue weighted by Gasteiger charge is -2.08. The summed E-state index contributed by atoms with van der Waals surface area (Å²) < 4.78 is 1.91. The average molecular weight is 401 g/mol. The van der Waals surface area contributed by atoms with Crippen LogP contribution in [0.5, 0.6) is 0 Å². The van der Waals surface area contributed by atoms with Crippen LogP contribution in [-0.2, 0) is 6.54 Å². The summed E-state index contributed by atoms with van der Waals surface area (Å²) in [7, 11) is 0. The van der Waals surface area contributed by atoms with Crippen LogP contribution in [0.2, 0.25) is 0 Å². The molecule has 7 heteroatoms. The van der Waals surface area contributed by atoms with Crippen molar-refractivity contribution < 1.29 is 4.79 Å². The van der Waals surface area contributed by atoms with Gasteiger partial charge in [0.05, 0.1) is 11.4 Å². The number of carbonyl (C=O) groups excluding carboxylic acids is 1. The fourth-order valence-electron chi connectivity index (χ4n) is 2.85. The molecule has 1 amide bonds. The van der Waals surface area contributed by atoms with E-state index in [0.717, 1.165) is 22.6 Å². The number of hydrogen-bond donors (Lipinski definition) is 1. The lowest BCUT2D eigenvalue weighted by atomic mass is 10.2. The van der Waals surface area contributed by atoms with Crippen molar-refractivity contribution in [3.63, 3.8) is 0 Å². The molecular formula is C22H19N5OS. The number of aryl methyl sites for hydroxylation is 1. The number of hydrogen-bond acceptors (Lipinski definition) is 5. The van der Waals surface area contributed by atoms with Crippen LogP contribution in [0, 0.1) is 6.92 Å². The third kappa shape index (κ3) is 4.83. The molecule has 0 aliphatic rings. The van der Waals surface area contributed by atoms with E-state index in [2.05, 4.69) is 20.3 Å². The second-order valence-corrected chi connectivity index (χ2v) is 7.30. The standard InChI is InChI=1S/C22H19N5OS/c1-16-4-2-5-18(24-16)7-8-19-15-29-22(25-19)26-21(28)20-6-3-13-27(20)14-17-9-11-23-12-10-17/h2-13,15H,14H2,1H3,(H,25,26,28)/b8-7+. The SMILES string of the molecule is Cc1cccc(/C=C/c2csc(NC(=O)c3cccn3Cc3ccncc3)n2)n1. The Hall–Kier alpha value is -3.58. The van der Waals surface area contributed by atoms with Gasteiger partial charge in [-0.25, -0.2) is 4.98 Å². The molecule has 4 aromatic rings. The van der Waals surface area contributed by atoms with E-state index in [-0.39, 0.29) is 5.91 Å². The van der Waals surface area contributed by atoms with Crippen LogP contribution in [0.3, 0.4) is 0 Å². The first kappa shape index (κ1) is 18.8. The zero-order valence-corrected chi connectivity index (χ0v) is 16.6. The van der Waals surface area contributed by atoms with Crippen LogP contribution in [0.25, 0.3) is 12.2 Å². The molecule has 0 fully saturated rings. The molecule has 1 N–H and O–H groups in total. The van der Waals surface area contributed by atoms with Gasteiger partial charge in [-0.3, -0.25) is 20.1 Å². The van der Waals surface area contributed by atoms with Gasteiger partial charge in [0.25, 0.3) is 5.91 Å². The Balaban J connectivity index is 1.43. The van der Waals surface area contributed by atoms with E-state index in [1.54, 1.807) is 18.5 Å². The van der Waals surface area contributed by atoms with E-state index in [0.29, 0.717) is 17.4 Å². The summed E-state index contributed by atoms with van der Waals surface area (Å²) in [6.07, 6.45) is 9.18. The quantitative estimate of drug-likeness (QED) is 0.516. The fourth-order valence-corrected chi connectivity index (χ4v) is 3.53. The maximum atomic E-state index is 12.7. The first-order valence-electron chi connectivity index (χ1n) is 9.10. The van der Waals surface area contributed by atoms with Crippen molar-refractivity contribution >= 4 is 34.5 Å². The molecule has 0 aliphatic carbocycles. The Labute approximate surface area is 172 Å². The van der Waals surface area contributed by atoms with Gasteiger partial charge in [0.1, 0.15) is 5.69 Å². The van der Waals surface area contributed by atoms with Gasteiger partial charge in [-0.05, 0) is 61.0 Å². The van der Waals surface area contributed by atoms with Crippen LogP contribution in [0.4, 0.5) is 5.13 Å². The summed E-state index contributed by atoms with van der Waals surface area (Å²) in [5.41, 5.74) is 4.28. The number of nitrogens with one attached hydrogen (secondary N) is 1. The van der Waals surface area contributed by atoms with Crippen LogP contribution in [0.1, 0.15) is 33.1 Å². The zero-order chi connectivity index (χ0) is 20.1. The van der Waals surface area contributed by atoms with Gasteiger partial charge < -0.3 is 4.57 Å². The van der Waals surface area contributed by atoms with Gasteiger partial charge >= 0.3 is 0 Å². The molecule has 0 bridgehead atoms. The van der Waals surface area contributed by atoms with Crippen LogP contribution in [-0.4, -0.2) is 25.4 Å². The molecule has 0 saturated heterocycles. The number of nitrogens with zero attached hydrogens (tertiary/aromatic N) is 4. The first-order valence-corrected chi connectivity index (χ1v) is 9.98. The number of rotatable bonds is 6. The number of thiazole rings is 1. The molecule has 4 heterocycles. The lowest BCUT2D eigenvalue weighted by molar-refractivity contribution is 0.101. The topological polar surface area (TPSA) is 72.7 Å². The summed E-state index contributed by atoms with van der Waals surface area (Å²) in [4.78, 5) is 25.6. The van der Waals surface area contributed by atoms with Crippen LogP contribution < -0.4 is 5.32 Å². The van der Waals surface area contributed by atoms with Gasteiger partial charge in [0.2, 0.25) is 0 Å². The molecule has 0 aromatic carbocycles. The van der Waals surface area contributed by atoms with E-state index in [1.165, 1.54) is 11.3 Å². The smallest absolute Gasteiger partial charge is 0.274 e. The molecule has 6 nitrogen and oxygen atoms in total. The molecule has 144 valence electrons. The van der Waals surface area contributed by atoms with E-state index in [4.69, 9.17) is 0 Å². The summed E-state index contributed by atoms with van der Waals surface area (Å²) in [5.74, 6) is -0.186.